The van der Waals surface area contributed by atoms with Gasteiger partial charge < -0.3 is 5.11 Å². The first kappa shape index (κ1) is 13.3. The summed E-state index contributed by atoms with van der Waals surface area (Å²) < 4.78 is 0. The van der Waals surface area contributed by atoms with Crippen LogP contribution in [0.4, 0.5) is 0 Å². The van der Waals surface area contributed by atoms with Gasteiger partial charge >= 0.3 is 0 Å². The Morgan fingerprint density at radius 1 is 1.05 bits per heavy atom. The second kappa shape index (κ2) is 5.73. The molecule has 0 radical (unpaired) electrons. The van der Waals surface area contributed by atoms with E-state index in [0.717, 1.165) is 27.0 Å². The highest BCUT2D eigenvalue weighted by atomic mass is 35.5. The third kappa shape index (κ3) is 2.74. The van der Waals surface area contributed by atoms with E-state index >= 15 is 0 Å². The average molecular weight is 302 g/mol. The maximum Gasteiger partial charge on any atom is 0.129 e. The van der Waals surface area contributed by atoms with Gasteiger partial charge in [0.15, 0.2) is 0 Å². The first-order valence-electron chi connectivity index (χ1n) is 6.18. The highest BCUT2D eigenvalue weighted by Crippen LogP contribution is 2.34. The Labute approximate surface area is 126 Å². The standard InChI is InChI=1S/C16H12ClNOS/c17-16-9-11(7-8-18-16)10-20-15-6-5-14(19)12-3-1-2-4-13(12)15/h1-9,19H,10H2. The number of phenolic OH excluding ortho intramolecular Hbond substituents is 1. The van der Waals surface area contributed by atoms with E-state index in [9.17, 15) is 5.11 Å². The second-order valence-electron chi connectivity index (χ2n) is 4.40. The second-order valence-corrected chi connectivity index (χ2v) is 5.81. The number of hydrogen-bond acceptors (Lipinski definition) is 3. The molecule has 0 aliphatic rings. The lowest BCUT2D eigenvalue weighted by Crippen LogP contribution is -1.84. The normalized spacial score (nSPS) is 10.8. The van der Waals surface area contributed by atoms with Gasteiger partial charge in [-0.25, -0.2) is 4.98 Å². The van der Waals surface area contributed by atoms with Gasteiger partial charge in [0, 0.05) is 22.2 Å². The SMILES string of the molecule is Oc1ccc(SCc2ccnc(Cl)c2)c2ccccc12. The van der Waals surface area contributed by atoms with E-state index in [-0.39, 0.29) is 0 Å². The monoisotopic (exact) mass is 301 g/mol. The minimum absolute atomic E-state index is 0.317. The molecule has 3 rings (SSSR count). The molecule has 0 fully saturated rings. The number of hydrogen-bond donors (Lipinski definition) is 1. The van der Waals surface area contributed by atoms with E-state index in [2.05, 4.69) is 4.98 Å². The minimum atomic E-state index is 0.317. The van der Waals surface area contributed by atoms with Crippen molar-refractivity contribution in [2.24, 2.45) is 0 Å². The predicted molar refractivity (Wildman–Crippen MR) is 84.4 cm³/mol. The molecule has 0 bridgehead atoms. The van der Waals surface area contributed by atoms with Crippen molar-refractivity contribution >= 4 is 34.1 Å². The molecule has 1 N–H and O–H groups in total. The fourth-order valence-corrected chi connectivity index (χ4v) is 3.27. The number of aromatic nitrogens is 1. The molecule has 0 atom stereocenters. The first-order valence-corrected chi connectivity index (χ1v) is 7.54. The number of thioether (sulfide) groups is 1. The van der Waals surface area contributed by atoms with Gasteiger partial charge in [-0.05, 0) is 35.2 Å². The summed E-state index contributed by atoms with van der Waals surface area (Å²) in [6.07, 6.45) is 1.72. The molecule has 4 heteroatoms. The van der Waals surface area contributed by atoms with Crippen LogP contribution in [0.25, 0.3) is 10.8 Å². The number of benzene rings is 2. The first-order chi connectivity index (χ1) is 9.74. The van der Waals surface area contributed by atoms with Crippen LogP contribution in [0.3, 0.4) is 0 Å². The van der Waals surface area contributed by atoms with Gasteiger partial charge in [0.05, 0.1) is 0 Å². The summed E-state index contributed by atoms with van der Waals surface area (Å²) >= 11 is 7.61. The molecule has 2 nitrogen and oxygen atoms in total. The molecule has 20 heavy (non-hydrogen) atoms. The fraction of sp³-hybridized carbons (Fsp3) is 0.0625. The van der Waals surface area contributed by atoms with Crippen molar-refractivity contribution in [2.75, 3.05) is 0 Å². The van der Waals surface area contributed by atoms with Crippen molar-refractivity contribution in [2.45, 2.75) is 10.6 Å². The van der Waals surface area contributed by atoms with Crippen molar-refractivity contribution in [3.63, 3.8) is 0 Å². The Balaban J connectivity index is 1.90. The minimum Gasteiger partial charge on any atom is -0.507 e. The summed E-state index contributed by atoms with van der Waals surface area (Å²) in [7, 11) is 0. The summed E-state index contributed by atoms with van der Waals surface area (Å²) in [6, 6.07) is 15.4. The van der Waals surface area contributed by atoms with Crippen LogP contribution in [0.2, 0.25) is 5.15 Å². The molecule has 0 spiro atoms. The van der Waals surface area contributed by atoms with Crippen LogP contribution in [0.1, 0.15) is 5.56 Å². The number of pyridine rings is 1. The number of nitrogens with zero attached hydrogens (tertiary/aromatic N) is 1. The number of fused-ring (bicyclic) bond motifs is 1. The van der Waals surface area contributed by atoms with Crippen molar-refractivity contribution in [3.8, 4) is 5.75 Å². The molecule has 1 aromatic heterocycles. The summed E-state index contributed by atoms with van der Waals surface area (Å²) in [6.45, 7) is 0. The summed E-state index contributed by atoms with van der Waals surface area (Å²) in [5.74, 6) is 1.13. The molecular formula is C16H12ClNOS. The Morgan fingerprint density at radius 3 is 2.65 bits per heavy atom. The summed E-state index contributed by atoms with van der Waals surface area (Å²) in [4.78, 5) is 5.12. The lowest BCUT2D eigenvalue weighted by molar-refractivity contribution is 0.481. The summed E-state index contributed by atoms with van der Waals surface area (Å²) in [5, 5.41) is 12.3. The molecule has 0 aliphatic heterocycles. The Kier molecular flexibility index (Phi) is 3.81. The van der Waals surface area contributed by atoms with Crippen LogP contribution >= 0.6 is 23.4 Å². The number of rotatable bonds is 3. The Morgan fingerprint density at radius 2 is 1.85 bits per heavy atom. The van der Waals surface area contributed by atoms with E-state index in [1.165, 1.54) is 0 Å². The van der Waals surface area contributed by atoms with Crippen LogP contribution in [-0.2, 0) is 5.75 Å². The lowest BCUT2D eigenvalue weighted by atomic mass is 10.1. The van der Waals surface area contributed by atoms with Crippen molar-refractivity contribution in [1.29, 1.82) is 0 Å². The zero-order valence-electron chi connectivity index (χ0n) is 10.6. The van der Waals surface area contributed by atoms with E-state index in [1.807, 2.05) is 42.5 Å². The van der Waals surface area contributed by atoms with Gasteiger partial charge in [-0.2, -0.15) is 0 Å². The maximum absolute atomic E-state index is 9.88. The number of phenols is 1. The average Bonchev–Trinajstić information content (AvgIpc) is 2.47. The molecule has 0 unspecified atom stereocenters. The van der Waals surface area contributed by atoms with Gasteiger partial charge in [0.25, 0.3) is 0 Å². The molecule has 0 saturated carbocycles. The van der Waals surface area contributed by atoms with Crippen molar-refractivity contribution in [1.82, 2.24) is 4.98 Å². The molecule has 0 saturated heterocycles. The largest absolute Gasteiger partial charge is 0.507 e. The van der Waals surface area contributed by atoms with Crippen LogP contribution < -0.4 is 0 Å². The quantitative estimate of drug-likeness (QED) is 0.552. The Hall–Kier alpha value is -1.71. The zero-order valence-corrected chi connectivity index (χ0v) is 12.2. The Bertz CT molecular complexity index is 760. The maximum atomic E-state index is 9.88. The van der Waals surface area contributed by atoms with E-state index in [4.69, 9.17) is 11.6 Å². The van der Waals surface area contributed by atoms with E-state index in [0.29, 0.717) is 10.9 Å². The smallest absolute Gasteiger partial charge is 0.129 e. The molecule has 0 amide bonds. The lowest BCUT2D eigenvalue weighted by Gasteiger charge is -2.08. The topological polar surface area (TPSA) is 33.1 Å². The van der Waals surface area contributed by atoms with Gasteiger partial charge in [-0.15, -0.1) is 11.8 Å². The van der Waals surface area contributed by atoms with Gasteiger partial charge in [0.1, 0.15) is 10.9 Å². The van der Waals surface area contributed by atoms with Gasteiger partial charge in [-0.1, -0.05) is 35.9 Å². The van der Waals surface area contributed by atoms with Gasteiger partial charge in [-0.3, -0.25) is 0 Å². The number of halogens is 1. The molecular weight excluding hydrogens is 290 g/mol. The van der Waals surface area contributed by atoms with Crippen molar-refractivity contribution < 1.29 is 5.11 Å². The third-order valence-electron chi connectivity index (χ3n) is 3.05. The highest BCUT2D eigenvalue weighted by molar-refractivity contribution is 7.98. The van der Waals surface area contributed by atoms with E-state index in [1.54, 1.807) is 24.0 Å². The zero-order chi connectivity index (χ0) is 13.9. The van der Waals surface area contributed by atoms with Crippen LogP contribution in [-0.4, -0.2) is 10.1 Å². The third-order valence-corrected chi connectivity index (χ3v) is 4.40. The predicted octanol–water partition coefficient (Wildman–Crippen LogP) is 4.89. The van der Waals surface area contributed by atoms with Crippen LogP contribution in [0, 0.1) is 0 Å². The van der Waals surface area contributed by atoms with E-state index < -0.39 is 0 Å². The van der Waals surface area contributed by atoms with Crippen LogP contribution in [0.15, 0.2) is 59.6 Å². The number of aromatic hydroxyl groups is 1. The summed E-state index contributed by atoms with van der Waals surface area (Å²) in [5.41, 5.74) is 1.13. The molecule has 3 aromatic rings. The molecule has 2 aromatic carbocycles. The van der Waals surface area contributed by atoms with Gasteiger partial charge in [0.2, 0.25) is 0 Å². The molecule has 0 aliphatic carbocycles. The molecule has 100 valence electrons. The van der Waals surface area contributed by atoms with Crippen molar-refractivity contribution in [3.05, 3.63) is 65.4 Å². The molecule has 1 heterocycles. The van der Waals surface area contributed by atoms with Crippen LogP contribution in [0.5, 0.6) is 5.75 Å². The highest BCUT2D eigenvalue weighted by Gasteiger charge is 2.05. The fourth-order valence-electron chi connectivity index (χ4n) is 2.07.